The van der Waals surface area contributed by atoms with Gasteiger partial charge in [0.15, 0.2) is 0 Å². The Bertz CT molecular complexity index is 268. The molecule has 0 saturated carbocycles. The molecule has 1 rings (SSSR count). The summed E-state index contributed by atoms with van der Waals surface area (Å²) in [6, 6.07) is 9.11. The van der Waals surface area contributed by atoms with Gasteiger partial charge in [0.25, 0.3) is 0 Å². The molecule has 0 radical (unpaired) electrons. The van der Waals surface area contributed by atoms with Crippen molar-refractivity contribution in [3.8, 4) is 0 Å². The van der Waals surface area contributed by atoms with E-state index in [1.54, 1.807) is 0 Å². The number of aryl methyl sites for hydroxylation is 1. The number of hydrogen-bond donors (Lipinski definition) is 1. The highest BCUT2D eigenvalue weighted by atomic mass is 32.2. The fourth-order valence-corrected chi connectivity index (χ4v) is 2.25. The summed E-state index contributed by atoms with van der Waals surface area (Å²) in [6.07, 6.45) is 3.46. The third kappa shape index (κ3) is 5.24. The maximum Gasteiger partial charge on any atom is 0.00721 e. The molecular formula is C13H21NS. The molecule has 1 atom stereocenters. The molecular weight excluding hydrogens is 202 g/mol. The smallest absolute Gasteiger partial charge is 0.00721 e. The minimum absolute atomic E-state index is 0.392. The summed E-state index contributed by atoms with van der Waals surface area (Å²) >= 11 is 1.93. The Kier molecular flexibility index (Phi) is 5.81. The monoisotopic (exact) mass is 223 g/mol. The van der Waals surface area contributed by atoms with E-state index in [0.717, 1.165) is 12.8 Å². The Morgan fingerprint density at radius 1 is 1.27 bits per heavy atom. The predicted octanol–water partition coefficient (Wildman–Crippen LogP) is 3.60. The molecule has 2 N–H and O–H groups in total. The normalized spacial score (nSPS) is 12.7. The van der Waals surface area contributed by atoms with Crippen molar-refractivity contribution >= 4 is 11.8 Å². The van der Waals surface area contributed by atoms with Crippen LogP contribution in [-0.4, -0.2) is 11.8 Å². The van der Waals surface area contributed by atoms with Gasteiger partial charge in [-0.2, -0.15) is 0 Å². The van der Waals surface area contributed by atoms with Crippen LogP contribution < -0.4 is 5.73 Å². The van der Waals surface area contributed by atoms with Crippen LogP contribution in [0.5, 0.6) is 0 Å². The first-order valence-corrected chi connectivity index (χ1v) is 6.66. The first kappa shape index (κ1) is 12.6. The standard InChI is InChI=1S/C13H21NS/c1-3-12(14)5-4-10-15-13-8-6-11(2)7-9-13/h6-9,12H,3-5,10,14H2,1-2H3. The van der Waals surface area contributed by atoms with Crippen molar-refractivity contribution in [1.29, 1.82) is 0 Å². The molecule has 0 aromatic heterocycles. The van der Waals surface area contributed by atoms with Crippen LogP contribution in [-0.2, 0) is 0 Å². The number of benzene rings is 1. The number of hydrogen-bond acceptors (Lipinski definition) is 2. The van der Waals surface area contributed by atoms with Gasteiger partial charge in [-0.3, -0.25) is 0 Å². The van der Waals surface area contributed by atoms with Crippen molar-refractivity contribution < 1.29 is 0 Å². The van der Waals surface area contributed by atoms with Crippen LogP contribution in [0, 0.1) is 6.92 Å². The molecule has 84 valence electrons. The molecule has 0 aliphatic rings. The zero-order valence-electron chi connectivity index (χ0n) is 9.70. The van der Waals surface area contributed by atoms with Crippen LogP contribution >= 0.6 is 11.8 Å². The number of rotatable bonds is 6. The lowest BCUT2D eigenvalue weighted by molar-refractivity contribution is 0.589. The molecule has 0 amide bonds. The van der Waals surface area contributed by atoms with Gasteiger partial charge in [-0.15, -0.1) is 11.8 Å². The van der Waals surface area contributed by atoms with Crippen molar-refractivity contribution in [3.05, 3.63) is 29.8 Å². The van der Waals surface area contributed by atoms with Gasteiger partial charge >= 0.3 is 0 Å². The second-order valence-corrected chi connectivity index (χ2v) is 5.14. The van der Waals surface area contributed by atoms with Crippen LogP contribution in [0.3, 0.4) is 0 Å². The lowest BCUT2D eigenvalue weighted by Crippen LogP contribution is -2.18. The van der Waals surface area contributed by atoms with Gasteiger partial charge in [-0.05, 0) is 44.1 Å². The van der Waals surface area contributed by atoms with Crippen LogP contribution in [0.15, 0.2) is 29.2 Å². The fraction of sp³-hybridized carbons (Fsp3) is 0.538. The van der Waals surface area contributed by atoms with E-state index >= 15 is 0 Å². The van der Waals surface area contributed by atoms with Crippen molar-refractivity contribution in [2.45, 2.75) is 44.0 Å². The van der Waals surface area contributed by atoms with Gasteiger partial charge in [-0.25, -0.2) is 0 Å². The highest BCUT2D eigenvalue weighted by Crippen LogP contribution is 2.19. The molecule has 1 aromatic carbocycles. The SMILES string of the molecule is CCC(N)CCCSc1ccc(C)cc1. The summed E-state index contributed by atoms with van der Waals surface area (Å²) in [5.74, 6) is 1.18. The molecule has 2 heteroatoms. The summed E-state index contributed by atoms with van der Waals surface area (Å²) < 4.78 is 0. The summed E-state index contributed by atoms with van der Waals surface area (Å²) in [4.78, 5) is 1.37. The average Bonchev–Trinajstić information content (AvgIpc) is 2.26. The molecule has 1 unspecified atom stereocenters. The van der Waals surface area contributed by atoms with E-state index in [1.165, 1.54) is 22.6 Å². The highest BCUT2D eigenvalue weighted by molar-refractivity contribution is 7.99. The Morgan fingerprint density at radius 3 is 2.53 bits per heavy atom. The minimum atomic E-state index is 0.392. The van der Waals surface area contributed by atoms with Gasteiger partial charge in [0, 0.05) is 10.9 Å². The average molecular weight is 223 g/mol. The fourth-order valence-electron chi connectivity index (χ4n) is 1.37. The summed E-state index contributed by atoms with van der Waals surface area (Å²) in [7, 11) is 0. The van der Waals surface area contributed by atoms with Gasteiger partial charge in [0.2, 0.25) is 0 Å². The second kappa shape index (κ2) is 6.91. The largest absolute Gasteiger partial charge is 0.328 e. The Labute approximate surface area is 97.4 Å². The lowest BCUT2D eigenvalue weighted by Gasteiger charge is -2.07. The van der Waals surface area contributed by atoms with Gasteiger partial charge in [-0.1, -0.05) is 24.6 Å². The third-order valence-electron chi connectivity index (χ3n) is 2.53. The molecule has 0 fully saturated rings. The third-order valence-corrected chi connectivity index (χ3v) is 3.63. The first-order chi connectivity index (χ1) is 7.22. The summed E-state index contributed by atoms with van der Waals surface area (Å²) in [5, 5.41) is 0. The van der Waals surface area contributed by atoms with E-state index < -0.39 is 0 Å². The Hall–Kier alpha value is -0.470. The molecule has 0 saturated heterocycles. The Morgan fingerprint density at radius 2 is 1.93 bits per heavy atom. The van der Waals surface area contributed by atoms with Crippen molar-refractivity contribution in [3.63, 3.8) is 0 Å². The number of nitrogens with two attached hydrogens (primary N) is 1. The zero-order valence-corrected chi connectivity index (χ0v) is 10.5. The van der Waals surface area contributed by atoms with Gasteiger partial charge in [0.05, 0.1) is 0 Å². The molecule has 0 aliphatic carbocycles. The van der Waals surface area contributed by atoms with Gasteiger partial charge in [0.1, 0.15) is 0 Å². The van der Waals surface area contributed by atoms with E-state index in [4.69, 9.17) is 5.73 Å². The van der Waals surface area contributed by atoms with Crippen LogP contribution in [0.25, 0.3) is 0 Å². The predicted molar refractivity (Wildman–Crippen MR) is 69.4 cm³/mol. The molecule has 0 heterocycles. The van der Waals surface area contributed by atoms with Gasteiger partial charge < -0.3 is 5.73 Å². The van der Waals surface area contributed by atoms with E-state index in [1.807, 2.05) is 11.8 Å². The molecule has 0 spiro atoms. The van der Waals surface area contributed by atoms with E-state index in [-0.39, 0.29) is 0 Å². The van der Waals surface area contributed by atoms with Crippen LogP contribution in [0.4, 0.5) is 0 Å². The quantitative estimate of drug-likeness (QED) is 0.589. The highest BCUT2D eigenvalue weighted by Gasteiger charge is 1.99. The topological polar surface area (TPSA) is 26.0 Å². The first-order valence-electron chi connectivity index (χ1n) is 5.67. The lowest BCUT2D eigenvalue weighted by atomic mass is 10.1. The summed E-state index contributed by atoms with van der Waals surface area (Å²) in [5.41, 5.74) is 7.19. The molecule has 0 aliphatic heterocycles. The van der Waals surface area contributed by atoms with E-state index in [0.29, 0.717) is 6.04 Å². The molecule has 1 aromatic rings. The van der Waals surface area contributed by atoms with E-state index in [9.17, 15) is 0 Å². The maximum atomic E-state index is 5.86. The summed E-state index contributed by atoms with van der Waals surface area (Å²) in [6.45, 7) is 4.27. The van der Waals surface area contributed by atoms with Crippen molar-refractivity contribution in [2.75, 3.05) is 5.75 Å². The van der Waals surface area contributed by atoms with E-state index in [2.05, 4.69) is 38.1 Å². The second-order valence-electron chi connectivity index (χ2n) is 3.97. The maximum absolute atomic E-state index is 5.86. The molecule has 1 nitrogen and oxygen atoms in total. The zero-order chi connectivity index (χ0) is 11.1. The molecule has 15 heavy (non-hydrogen) atoms. The van der Waals surface area contributed by atoms with Crippen molar-refractivity contribution in [1.82, 2.24) is 0 Å². The Balaban J connectivity index is 2.17. The molecule has 0 bridgehead atoms. The van der Waals surface area contributed by atoms with Crippen LogP contribution in [0.1, 0.15) is 31.7 Å². The van der Waals surface area contributed by atoms with Crippen molar-refractivity contribution in [2.24, 2.45) is 5.73 Å². The number of thioether (sulfide) groups is 1. The minimum Gasteiger partial charge on any atom is -0.328 e. The van der Waals surface area contributed by atoms with Crippen LogP contribution in [0.2, 0.25) is 0 Å².